The quantitative estimate of drug-likeness (QED) is 0.710. The molecule has 0 saturated carbocycles. The number of amides is 1. The summed E-state index contributed by atoms with van der Waals surface area (Å²) in [5, 5.41) is 8.84. The van der Waals surface area contributed by atoms with Crippen LogP contribution in [-0.4, -0.2) is 30.2 Å². The topological polar surface area (TPSA) is 66.6 Å². The zero-order valence-corrected chi connectivity index (χ0v) is 8.39. The molecule has 0 radical (unpaired) electrons. The number of hydrogen-bond donors (Lipinski definition) is 2. The number of carbonyl (C=O) groups excluding carboxylic acids is 1. The first-order valence-electron chi connectivity index (χ1n) is 4.99. The Bertz CT molecular complexity index is 379. The lowest BCUT2D eigenvalue weighted by Crippen LogP contribution is -2.45. The highest BCUT2D eigenvalue weighted by Crippen LogP contribution is 2.27. The number of aliphatic hydroxyl groups excluding tert-OH is 1. The summed E-state index contributed by atoms with van der Waals surface area (Å²) in [5.41, 5.74) is 7.60. The van der Waals surface area contributed by atoms with E-state index >= 15 is 0 Å². The third-order valence-electron chi connectivity index (χ3n) is 2.67. The summed E-state index contributed by atoms with van der Waals surface area (Å²) >= 11 is 0. The van der Waals surface area contributed by atoms with Crippen LogP contribution in [0.25, 0.3) is 0 Å². The largest absolute Gasteiger partial charge is 0.394 e. The second-order valence-corrected chi connectivity index (χ2v) is 3.66. The van der Waals surface area contributed by atoms with Gasteiger partial charge in [0.1, 0.15) is 6.04 Å². The average Bonchev–Trinajstić information content (AvgIpc) is 2.70. The van der Waals surface area contributed by atoms with E-state index in [4.69, 9.17) is 10.8 Å². The van der Waals surface area contributed by atoms with Crippen LogP contribution < -0.4 is 10.6 Å². The van der Waals surface area contributed by atoms with Crippen molar-refractivity contribution in [2.24, 2.45) is 5.73 Å². The number of hydrogen-bond acceptors (Lipinski definition) is 3. The summed E-state index contributed by atoms with van der Waals surface area (Å²) in [7, 11) is 0. The highest BCUT2D eigenvalue weighted by Gasteiger charge is 2.27. The fraction of sp³-hybridized carbons (Fsp3) is 0.364. The normalized spacial score (nSPS) is 16.3. The van der Waals surface area contributed by atoms with Gasteiger partial charge in [0.25, 0.3) is 0 Å². The van der Waals surface area contributed by atoms with Crippen LogP contribution in [0.2, 0.25) is 0 Å². The van der Waals surface area contributed by atoms with Gasteiger partial charge >= 0.3 is 0 Å². The van der Waals surface area contributed by atoms with Crippen molar-refractivity contribution in [2.75, 3.05) is 18.1 Å². The van der Waals surface area contributed by atoms with Crippen molar-refractivity contribution < 1.29 is 9.90 Å². The molecule has 0 aliphatic carbocycles. The Kier molecular flexibility index (Phi) is 2.70. The van der Waals surface area contributed by atoms with Crippen LogP contribution in [0.15, 0.2) is 24.3 Å². The molecule has 0 saturated heterocycles. The minimum absolute atomic E-state index is 0.206. The Morgan fingerprint density at radius 1 is 1.53 bits per heavy atom. The van der Waals surface area contributed by atoms with Crippen molar-refractivity contribution in [3.8, 4) is 0 Å². The first-order chi connectivity index (χ1) is 7.24. The lowest BCUT2D eigenvalue weighted by atomic mass is 10.2. The second-order valence-electron chi connectivity index (χ2n) is 3.66. The van der Waals surface area contributed by atoms with E-state index in [1.807, 2.05) is 24.3 Å². The van der Waals surface area contributed by atoms with Crippen molar-refractivity contribution in [2.45, 2.75) is 12.5 Å². The Hall–Kier alpha value is -1.39. The van der Waals surface area contributed by atoms with Gasteiger partial charge in [-0.15, -0.1) is 0 Å². The Morgan fingerprint density at radius 3 is 3.00 bits per heavy atom. The number of benzene rings is 1. The van der Waals surface area contributed by atoms with Gasteiger partial charge in [-0.3, -0.25) is 4.79 Å². The predicted molar refractivity (Wildman–Crippen MR) is 57.6 cm³/mol. The van der Waals surface area contributed by atoms with Gasteiger partial charge in [0.05, 0.1) is 6.61 Å². The monoisotopic (exact) mass is 206 g/mol. The summed E-state index contributed by atoms with van der Waals surface area (Å²) < 4.78 is 0. The van der Waals surface area contributed by atoms with E-state index in [0.29, 0.717) is 6.54 Å². The minimum atomic E-state index is -0.809. The molecule has 1 aromatic rings. The van der Waals surface area contributed by atoms with E-state index in [-0.39, 0.29) is 12.5 Å². The van der Waals surface area contributed by atoms with Crippen molar-refractivity contribution >= 4 is 11.6 Å². The Morgan fingerprint density at radius 2 is 2.27 bits per heavy atom. The van der Waals surface area contributed by atoms with Crippen molar-refractivity contribution in [1.29, 1.82) is 0 Å². The molecule has 1 heterocycles. The summed E-state index contributed by atoms with van der Waals surface area (Å²) in [6.45, 7) is 0.351. The Balaban J connectivity index is 2.24. The lowest BCUT2D eigenvalue weighted by Gasteiger charge is -2.20. The third-order valence-corrected chi connectivity index (χ3v) is 2.67. The molecule has 3 N–H and O–H groups in total. The molecule has 1 aliphatic heterocycles. The molecule has 0 fully saturated rings. The molecule has 4 heteroatoms. The third kappa shape index (κ3) is 1.73. The molecule has 1 aliphatic rings. The number of para-hydroxylation sites is 1. The number of aliphatic hydroxyl groups is 1. The highest BCUT2D eigenvalue weighted by molar-refractivity contribution is 5.98. The molecule has 80 valence electrons. The SMILES string of the molecule is N[C@@H](CO)C(=O)N1CCc2ccccc21. The fourth-order valence-corrected chi connectivity index (χ4v) is 1.85. The van der Waals surface area contributed by atoms with Crippen LogP contribution in [0.5, 0.6) is 0 Å². The smallest absolute Gasteiger partial charge is 0.246 e. The number of nitrogens with two attached hydrogens (primary N) is 1. The number of rotatable bonds is 2. The second kappa shape index (κ2) is 4.00. The molecule has 0 spiro atoms. The van der Waals surface area contributed by atoms with Gasteiger partial charge in [0.15, 0.2) is 0 Å². The standard InChI is InChI=1S/C11H14N2O2/c12-9(7-14)11(15)13-6-5-8-3-1-2-4-10(8)13/h1-4,9,14H,5-7,12H2/t9-/m0/s1. The molecule has 2 rings (SSSR count). The molecule has 1 atom stereocenters. The molecule has 0 aromatic heterocycles. The highest BCUT2D eigenvalue weighted by atomic mass is 16.3. The van der Waals surface area contributed by atoms with Gasteiger partial charge in [-0.1, -0.05) is 18.2 Å². The van der Waals surface area contributed by atoms with Crippen molar-refractivity contribution in [1.82, 2.24) is 0 Å². The van der Waals surface area contributed by atoms with Crippen LogP contribution in [0.1, 0.15) is 5.56 Å². The van der Waals surface area contributed by atoms with Crippen LogP contribution in [0.4, 0.5) is 5.69 Å². The fourth-order valence-electron chi connectivity index (χ4n) is 1.85. The van der Waals surface area contributed by atoms with E-state index < -0.39 is 6.04 Å². The predicted octanol–water partition coefficient (Wildman–Crippen LogP) is -0.105. The zero-order chi connectivity index (χ0) is 10.8. The zero-order valence-electron chi connectivity index (χ0n) is 8.39. The van der Waals surface area contributed by atoms with E-state index in [1.165, 1.54) is 0 Å². The number of anilines is 1. The molecule has 15 heavy (non-hydrogen) atoms. The van der Waals surface area contributed by atoms with Crippen LogP contribution in [0, 0.1) is 0 Å². The van der Waals surface area contributed by atoms with E-state index in [9.17, 15) is 4.79 Å². The number of nitrogens with zero attached hydrogens (tertiary/aromatic N) is 1. The van der Waals surface area contributed by atoms with Crippen LogP contribution in [-0.2, 0) is 11.2 Å². The van der Waals surface area contributed by atoms with Crippen molar-refractivity contribution in [3.63, 3.8) is 0 Å². The minimum Gasteiger partial charge on any atom is -0.394 e. The molecular formula is C11H14N2O2. The van der Waals surface area contributed by atoms with Gasteiger partial charge in [0, 0.05) is 12.2 Å². The number of carbonyl (C=O) groups is 1. The van der Waals surface area contributed by atoms with Crippen LogP contribution >= 0.6 is 0 Å². The summed E-state index contributed by atoms with van der Waals surface area (Å²) in [4.78, 5) is 13.4. The van der Waals surface area contributed by atoms with Gasteiger partial charge in [-0.05, 0) is 18.1 Å². The average molecular weight is 206 g/mol. The number of fused-ring (bicyclic) bond motifs is 1. The maximum Gasteiger partial charge on any atom is 0.246 e. The van der Waals surface area contributed by atoms with E-state index in [0.717, 1.165) is 17.7 Å². The lowest BCUT2D eigenvalue weighted by molar-refractivity contribution is -0.120. The molecular weight excluding hydrogens is 192 g/mol. The van der Waals surface area contributed by atoms with Crippen molar-refractivity contribution in [3.05, 3.63) is 29.8 Å². The molecule has 0 bridgehead atoms. The Labute approximate surface area is 88.3 Å². The van der Waals surface area contributed by atoms with Gasteiger partial charge in [-0.25, -0.2) is 0 Å². The summed E-state index contributed by atoms with van der Waals surface area (Å²) in [6, 6.07) is 6.96. The van der Waals surface area contributed by atoms with E-state index in [2.05, 4.69) is 0 Å². The summed E-state index contributed by atoms with van der Waals surface area (Å²) in [5.74, 6) is -0.206. The maximum absolute atomic E-state index is 11.8. The maximum atomic E-state index is 11.8. The van der Waals surface area contributed by atoms with Crippen LogP contribution in [0.3, 0.4) is 0 Å². The first kappa shape index (κ1) is 10.1. The van der Waals surface area contributed by atoms with Gasteiger partial charge < -0.3 is 15.7 Å². The molecule has 1 aromatic carbocycles. The van der Waals surface area contributed by atoms with E-state index in [1.54, 1.807) is 4.90 Å². The molecule has 4 nitrogen and oxygen atoms in total. The molecule has 1 amide bonds. The van der Waals surface area contributed by atoms with Gasteiger partial charge in [-0.2, -0.15) is 0 Å². The van der Waals surface area contributed by atoms with Gasteiger partial charge in [0.2, 0.25) is 5.91 Å². The molecule has 0 unspecified atom stereocenters. The summed E-state index contributed by atoms with van der Waals surface area (Å²) in [6.07, 6.45) is 0.861. The first-order valence-corrected chi connectivity index (χ1v) is 4.99.